The lowest BCUT2D eigenvalue weighted by molar-refractivity contribution is 0.414. The lowest BCUT2D eigenvalue weighted by Crippen LogP contribution is -2.02. The molecule has 0 amide bonds. The fourth-order valence-corrected chi connectivity index (χ4v) is 1.93. The van der Waals surface area contributed by atoms with Gasteiger partial charge in [0.2, 0.25) is 0 Å². The van der Waals surface area contributed by atoms with E-state index >= 15 is 0 Å². The molecule has 102 valence electrons. The highest BCUT2D eigenvalue weighted by molar-refractivity contribution is 5.54. The van der Waals surface area contributed by atoms with Crippen LogP contribution in [0.4, 0.5) is 10.1 Å². The van der Waals surface area contributed by atoms with Crippen molar-refractivity contribution in [1.29, 1.82) is 5.26 Å². The van der Waals surface area contributed by atoms with E-state index in [0.717, 1.165) is 22.6 Å². The number of nitrogens with one attached hydrogen (secondary N) is 1. The van der Waals surface area contributed by atoms with Crippen molar-refractivity contribution in [2.75, 3.05) is 12.4 Å². The summed E-state index contributed by atoms with van der Waals surface area (Å²) in [6.07, 6.45) is 0. The van der Waals surface area contributed by atoms with Gasteiger partial charge in [0.25, 0.3) is 0 Å². The van der Waals surface area contributed by atoms with Crippen molar-refractivity contribution >= 4 is 5.69 Å². The molecule has 2 aromatic rings. The summed E-state index contributed by atoms with van der Waals surface area (Å²) in [5, 5.41) is 12.1. The number of hydrogen-bond acceptors (Lipinski definition) is 3. The van der Waals surface area contributed by atoms with Crippen molar-refractivity contribution in [2.24, 2.45) is 0 Å². The molecule has 0 aromatic heterocycles. The third-order valence-corrected chi connectivity index (χ3v) is 3.07. The van der Waals surface area contributed by atoms with Crippen LogP contribution in [-0.4, -0.2) is 7.11 Å². The Labute approximate surface area is 117 Å². The monoisotopic (exact) mass is 270 g/mol. The summed E-state index contributed by atoms with van der Waals surface area (Å²) in [6, 6.07) is 12.1. The van der Waals surface area contributed by atoms with E-state index in [1.54, 1.807) is 19.2 Å². The molecule has 0 spiro atoms. The first-order valence-corrected chi connectivity index (χ1v) is 6.21. The smallest absolute Gasteiger partial charge is 0.140 e. The number of methoxy groups -OCH3 is 1. The van der Waals surface area contributed by atoms with Gasteiger partial charge in [-0.15, -0.1) is 0 Å². The second kappa shape index (κ2) is 6.07. The number of ether oxygens (including phenoxy) is 1. The average molecular weight is 270 g/mol. The molecule has 2 aromatic carbocycles. The van der Waals surface area contributed by atoms with Gasteiger partial charge in [-0.3, -0.25) is 0 Å². The Bertz CT molecular complexity index is 662. The van der Waals surface area contributed by atoms with Gasteiger partial charge in [-0.05, 0) is 48.4 Å². The maximum absolute atomic E-state index is 13.2. The van der Waals surface area contributed by atoms with Gasteiger partial charge in [0.15, 0.2) is 0 Å². The Balaban J connectivity index is 2.11. The molecule has 1 N–H and O–H groups in total. The van der Waals surface area contributed by atoms with Crippen molar-refractivity contribution in [3.63, 3.8) is 0 Å². The molecule has 0 aliphatic rings. The van der Waals surface area contributed by atoms with Crippen LogP contribution in [0.25, 0.3) is 0 Å². The standard InChI is InChI=1S/C16H15FN2O/c1-11-7-14(20-2)4-6-16(11)19-10-12-3-5-15(17)13(8-12)9-18/h3-8,19H,10H2,1-2H3. The van der Waals surface area contributed by atoms with Gasteiger partial charge in [-0.25, -0.2) is 4.39 Å². The summed E-state index contributed by atoms with van der Waals surface area (Å²) < 4.78 is 18.4. The zero-order valence-electron chi connectivity index (χ0n) is 11.4. The molecule has 0 unspecified atom stereocenters. The number of anilines is 1. The SMILES string of the molecule is COc1ccc(NCc2ccc(F)c(C#N)c2)c(C)c1. The molecule has 2 rings (SSSR count). The molecule has 0 saturated carbocycles. The van der Waals surface area contributed by atoms with Crippen LogP contribution >= 0.6 is 0 Å². The first-order valence-electron chi connectivity index (χ1n) is 6.21. The lowest BCUT2D eigenvalue weighted by atomic mass is 10.1. The number of rotatable bonds is 4. The maximum Gasteiger partial charge on any atom is 0.140 e. The third kappa shape index (κ3) is 3.07. The Morgan fingerprint density at radius 2 is 2.05 bits per heavy atom. The predicted octanol–water partition coefficient (Wildman–Crippen LogP) is 3.63. The molecule has 0 aliphatic carbocycles. The fourth-order valence-electron chi connectivity index (χ4n) is 1.93. The number of halogens is 1. The number of benzene rings is 2. The highest BCUT2D eigenvalue weighted by atomic mass is 19.1. The van der Waals surface area contributed by atoms with Crippen LogP contribution in [0.15, 0.2) is 36.4 Å². The Morgan fingerprint density at radius 1 is 1.25 bits per heavy atom. The number of nitrogens with zero attached hydrogens (tertiary/aromatic N) is 1. The van der Waals surface area contributed by atoms with Gasteiger partial charge in [0, 0.05) is 12.2 Å². The molecule has 0 atom stereocenters. The number of nitriles is 1. The van der Waals surface area contributed by atoms with Crippen LogP contribution in [0.5, 0.6) is 5.75 Å². The minimum atomic E-state index is -0.489. The quantitative estimate of drug-likeness (QED) is 0.922. The van der Waals surface area contributed by atoms with Gasteiger partial charge < -0.3 is 10.1 Å². The topological polar surface area (TPSA) is 45.0 Å². The van der Waals surface area contributed by atoms with Crippen LogP contribution in [0, 0.1) is 24.1 Å². The van der Waals surface area contributed by atoms with Crippen LogP contribution in [0.3, 0.4) is 0 Å². The first-order chi connectivity index (χ1) is 9.63. The van der Waals surface area contributed by atoms with E-state index in [2.05, 4.69) is 5.32 Å². The van der Waals surface area contributed by atoms with E-state index in [4.69, 9.17) is 10.00 Å². The zero-order chi connectivity index (χ0) is 14.5. The van der Waals surface area contributed by atoms with Gasteiger partial charge >= 0.3 is 0 Å². The van der Waals surface area contributed by atoms with E-state index in [9.17, 15) is 4.39 Å². The van der Waals surface area contributed by atoms with E-state index in [0.29, 0.717) is 6.54 Å². The largest absolute Gasteiger partial charge is 0.497 e. The van der Waals surface area contributed by atoms with Crippen molar-refractivity contribution in [2.45, 2.75) is 13.5 Å². The van der Waals surface area contributed by atoms with Gasteiger partial charge in [0.1, 0.15) is 17.6 Å². The highest BCUT2D eigenvalue weighted by Crippen LogP contribution is 2.21. The van der Waals surface area contributed by atoms with Gasteiger partial charge in [0.05, 0.1) is 12.7 Å². The first kappa shape index (κ1) is 13.9. The second-order valence-corrected chi connectivity index (χ2v) is 4.46. The summed E-state index contributed by atoms with van der Waals surface area (Å²) in [4.78, 5) is 0. The lowest BCUT2D eigenvalue weighted by Gasteiger charge is -2.11. The van der Waals surface area contributed by atoms with Crippen molar-refractivity contribution in [3.05, 3.63) is 58.9 Å². The van der Waals surface area contributed by atoms with Crippen molar-refractivity contribution < 1.29 is 9.13 Å². The minimum absolute atomic E-state index is 0.0655. The molecule has 0 heterocycles. The maximum atomic E-state index is 13.2. The summed E-state index contributed by atoms with van der Waals surface area (Å²) in [5.74, 6) is 0.318. The van der Waals surface area contributed by atoms with E-state index in [1.807, 2.05) is 31.2 Å². The predicted molar refractivity (Wildman–Crippen MR) is 76.2 cm³/mol. The fraction of sp³-hybridized carbons (Fsp3) is 0.188. The highest BCUT2D eigenvalue weighted by Gasteiger charge is 2.04. The molecule has 0 fully saturated rings. The third-order valence-electron chi connectivity index (χ3n) is 3.07. The van der Waals surface area contributed by atoms with Gasteiger partial charge in [-0.1, -0.05) is 6.07 Å². The van der Waals surface area contributed by atoms with E-state index in [1.165, 1.54) is 6.07 Å². The van der Waals surface area contributed by atoms with Crippen LogP contribution in [0.2, 0.25) is 0 Å². The zero-order valence-corrected chi connectivity index (χ0v) is 11.4. The molecule has 0 bridgehead atoms. The van der Waals surface area contributed by atoms with Crippen LogP contribution in [0.1, 0.15) is 16.7 Å². The molecular formula is C16H15FN2O. The summed E-state index contributed by atoms with van der Waals surface area (Å²) in [6.45, 7) is 2.51. The van der Waals surface area contributed by atoms with E-state index in [-0.39, 0.29) is 5.56 Å². The molecule has 20 heavy (non-hydrogen) atoms. The molecule has 0 aliphatic heterocycles. The normalized spacial score (nSPS) is 9.90. The molecule has 0 radical (unpaired) electrons. The summed E-state index contributed by atoms with van der Waals surface area (Å²) in [5.41, 5.74) is 2.97. The molecular weight excluding hydrogens is 255 g/mol. The van der Waals surface area contributed by atoms with E-state index < -0.39 is 5.82 Å². The second-order valence-electron chi connectivity index (χ2n) is 4.46. The molecule has 3 nitrogen and oxygen atoms in total. The Kier molecular flexibility index (Phi) is 4.21. The Morgan fingerprint density at radius 3 is 2.70 bits per heavy atom. The summed E-state index contributed by atoms with van der Waals surface area (Å²) >= 11 is 0. The van der Waals surface area contributed by atoms with Gasteiger partial charge in [-0.2, -0.15) is 5.26 Å². The summed E-state index contributed by atoms with van der Waals surface area (Å²) in [7, 11) is 1.63. The minimum Gasteiger partial charge on any atom is -0.497 e. The van der Waals surface area contributed by atoms with Crippen LogP contribution in [-0.2, 0) is 6.54 Å². The van der Waals surface area contributed by atoms with Crippen molar-refractivity contribution in [1.82, 2.24) is 0 Å². The number of aryl methyl sites for hydroxylation is 1. The number of hydrogen-bond donors (Lipinski definition) is 1. The molecule has 0 saturated heterocycles. The average Bonchev–Trinajstić information content (AvgIpc) is 2.47. The van der Waals surface area contributed by atoms with Crippen molar-refractivity contribution in [3.8, 4) is 11.8 Å². The molecule has 4 heteroatoms. The Hall–Kier alpha value is -2.54. The van der Waals surface area contributed by atoms with Crippen LogP contribution < -0.4 is 10.1 Å².